The van der Waals surface area contributed by atoms with Crippen molar-refractivity contribution in [1.82, 2.24) is 0 Å². The van der Waals surface area contributed by atoms with Gasteiger partial charge in [0.05, 0.1) is 6.61 Å². The number of ether oxygens (including phenoxy) is 2. The van der Waals surface area contributed by atoms with Gasteiger partial charge in [0.15, 0.2) is 0 Å². The molecule has 110 valence electrons. The molecule has 2 rings (SSSR count). The SMILES string of the molecule is O=Cc1ccc(O[C@@H]2O[C@@H](CO)[C@H](O)[C@@H](O)[C@@H]2O)cc1. The minimum atomic E-state index is -1.49. The average molecular weight is 284 g/mol. The normalized spacial score (nSPS) is 33.7. The molecular weight excluding hydrogens is 268 g/mol. The first kappa shape index (κ1) is 14.9. The topological polar surface area (TPSA) is 116 Å². The fourth-order valence-electron chi connectivity index (χ4n) is 1.92. The summed E-state index contributed by atoms with van der Waals surface area (Å²) in [6, 6.07) is 6.05. The zero-order chi connectivity index (χ0) is 14.7. The molecule has 0 radical (unpaired) electrons. The zero-order valence-corrected chi connectivity index (χ0v) is 10.5. The summed E-state index contributed by atoms with van der Waals surface area (Å²) >= 11 is 0. The minimum absolute atomic E-state index is 0.319. The van der Waals surface area contributed by atoms with Crippen molar-refractivity contribution in [1.29, 1.82) is 0 Å². The molecule has 1 saturated heterocycles. The van der Waals surface area contributed by atoms with Crippen LogP contribution in [0.1, 0.15) is 10.4 Å². The van der Waals surface area contributed by atoms with Crippen molar-refractivity contribution in [2.45, 2.75) is 30.7 Å². The molecule has 0 saturated carbocycles. The van der Waals surface area contributed by atoms with E-state index in [9.17, 15) is 20.1 Å². The van der Waals surface area contributed by atoms with E-state index in [1.165, 1.54) is 24.3 Å². The van der Waals surface area contributed by atoms with Crippen molar-refractivity contribution in [2.24, 2.45) is 0 Å². The molecule has 4 N–H and O–H groups in total. The number of benzene rings is 1. The molecular formula is C13H16O7. The lowest BCUT2D eigenvalue weighted by molar-refractivity contribution is -0.277. The molecule has 1 aromatic rings. The Labute approximate surface area is 115 Å². The molecule has 20 heavy (non-hydrogen) atoms. The van der Waals surface area contributed by atoms with E-state index in [0.29, 0.717) is 17.6 Å². The van der Waals surface area contributed by atoms with E-state index in [4.69, 9.17) is 14.6 Å². The number of aliphatic hydroxyl groups is 4. The number of carbonyl (C=O) groups excluding carboxylic acids is 1. The lowest BCUT2D eigenvalue weighted by Crippen LogP contribution is -2.60. The van der Waals surface area contributed by atoms with Gasteiger partial charge in [-0.25, -0.2) is 0 Å². The van der Waals surface area contributed by atoms with Crippen LogP contribution in [0.4, 0.5) is 0 Å². The van der Waals surface area contributed by atoms with Crippen LogP contribution in [0.3, 0.4) is 0 Å². The van der Waals surface area contributed by atoms with Crippen molar-refractivity contribution in [3.05, 3.63) is 29.8 Å². The van der Waals surface area contributed by atoms with Crippen LogP contribution in [0.2, 0.25) is 0 Å². The maximum absolute atomic E-state index is 10.5. The molecule has 1 aliphatic heterocycles. The number of aldehydes is 1. The lowest BCUT2D eigenvalue weighted by atomic mass is 9.99. The molecule has 0 aromatic heterocycles. The third-order valence-corrected chi connectivity index (χ3v) is 3.12. The molecule has 7 nitrogen and oxygen atoms in total. The maximum Gasteiger partial charge on any atom is 0.229 e. The minimum Gasteiger partial charge on any atom is -0.462 e. The Bertz CT molecular complexity index is 445. The van der Waals surface area contributed by atoms with Gasteiger partial charge in [-0.15, -0.1) is 0 Å². The smallest absolute Gasteiger partial charge is 0.229 e. The van der Waals surface area contributed by atoms with Crippen LogP contribution in [0.15, 0.2) is 24.3 Å². The third-order valence-electron chi connectivity index (χ3n) is 3.12. The highest BCUT2D eigenvalue weighted by Gasteiger charge is 2.44. The largest absolute Gasteiger partial charge is 0.462 e. The Hall–Kier alpha value is -1.51. The molecule has 0 amide bonds. The summed E-state index contributed by atoms with van der Waals surface area (Å²) in [5.41, 5.74) is 0.464. The molecule has 5 atom stereocenters. The Kier molecular flexibility index (Phi) is 4.69. The second kappa shape index (κ2) is 6.29. The van der Waals surface area contributed by atoms with Crippen LogP contribution in [-0.2, 0) is 4.74 Å². The first-order chi connectivity index (χ1) is 9.56. The van der Waals surface area contributed by atoms with Gasteiger partial charge < -0.3 is 29.9 Å². The van der Waals surface area contributed by atoms with Crippen molar-refractivity contribution in [3.8, 4) is 5.75 Å². The molecule has 7 heteroatoms. The average Bonchev–Trinajstić information content (AvgIpc) is 2.48. The molecule has 1 aromatic carbocycles. The van der Waals surface area contributed by atoms with E-state index in [2.05, 4.69) is 0 Å². The second-order valence-corrected chi connectivity index (χ2v) is 4.50. The summed E-state index contributed by atoms with van der Waals surface area (Å²) in [6.45, 7) is -0.519. The first-order valence-electron chi connectivity index (χ1n) is 6.09. The van der Waals surface area contributed by atoms with Crippen LogP contribution >= 0.6 is 0 Å². The van der Waals surface area contributed by atoms with Gasteiger partial charge >= 0.3 is 0 Å². The summed E-state index contributed by atoms with van der Waals surface area (Å²) in [4.78, 5) is 10.5. The quantitative estimate of drug-likeness (QED) is 0.507. The van der Waals surface area contributed by atoms with Gasteiger partial charge in [-0.1, -0.05) is 0 Å². The molecule has 0 spiro atoms. The fraction of sp³-hybridized carbons (Fsp3) is 0.462. The van der Waals surface area contributed by atoms with Crippen molar-refractivity contribution in [3.63, 3.8) is 0 Å². The molecule has 0 aliphatic carbocycles. The van der Waals surface area contributed by atoms with Gasteiger partial charge in [0.25, 0.3) is 0 Å². The predicted molar refractivity (Wildman–Crippen MR) is 66.2 cm³/mol. The lowest BCUT2D eigenvalue weighted by Gasteiger charge is -2.39. The monoisotopic (exact) mass is 284 g/mol. The molecule has 1 heterocycles. The standard InChI is InChI=1S/C13H16O7/c14-5-7-1-3-8(4-2-7)19-13-12(18)11(17)10(16)9(6-15)20-13/h1-5,9-13,15-18H,6H2/t9-,10-,11+,12-,13+/m0/s1. The summed E-state index contributed by atoms with van der Waals surface area (Å²) in [5, 5.41) is 38.1. The number of hydrogen-bond acceptors (Lipinski definition) is 7. The number of hydrogen-bond donors (Lipinski definition) is 4. The predicted octanol–water partition coefficient (Wildman–Crippen LogP) is -1.32. The zero-order valence-electron chi connectivity index (χ0n) is 10.5. The fourth-order valence-corrected chi connectivity index (χ4v) is 1.92. The van der Waals surface area contributed by atoms with Gasteiger partial charge in [-0.3, -0.25) is 4.79 Å². The second-order valence-electron chi connectivity index (χ2n) is 4.50. The van der Waals surface area contributed by atoms with Crippen LogP contribution < -0.4 is 4.74 Å². The van der Waals surface area contributed by atoms with Crippen LogP contribution in [0.25, 0.3) is 0 Å². The molecule has 1 fully saturated rings. The summed E-state index contributed by atoms with van der Waals surface area (Å²) < 4.78 is 10.5. The number of aliphatic hydroxyl groups excluding tert-OH is 4. The van der Waals surface area contributed by atoms with Gasteiger partial charge in [-0.05, 0) is 24.3 Å². The van der Waals surface area contributed by atoms with Crippen molar-refractivity contribution >= 4 is 6.29 Å². The van der Waals surface area contributed by atoms with E-state index in [0.717, 1.165) is 0 Å². The first-order valence-corrected chi connectivity index (χ1v) is 6.09. The Morgan fingerprint density at radius 3 is 2.30 bits per heavy atom. The highest BCUT2D eigenvalue weighted by atomic mass is 16.7. The summed E-state index contributed by atoms with van der Waals surface area (Å²) in [6.07, 6.45) is -5.94. The summed E-state index contributed by atoms with van der Waals surface area (Å²) in [5.74, 6) is 0.319. The molecule has 1 aliphatic rings. The van der Waals surface area contributed by atoms with Crippen LogP contribution in [-0.4, -0.2) is 64.0 Å². The Morgan fingerprint density at radius 1 is 1.10 bits per heavy atom. The number of carbonyl (C=O) groups is 1. The van der Waals surface area contributed by atoms with E-state index in [1.807, 2.05) is 0 Å². The molecule has 0 unspecified atom stereocenters. The third kappa shape index (κ3) is 2.97. The van der Waals surface area contributed by atoms with Gasteiger partial charge in [0.2, 0.25) is 6.29 Å². The van der Waals surface area contributed by atoms with E-state index in [-0.39, 0.29) is 0 Å². The maximum atomic E-state index is 10.5. The van der Waals surface area contributed by atoms with Crippen molar-refractivity contribution < 1.29 is 34.7 Å². The van der Waals surface area contributed by atoms with Gasteiger partial charge in [-0.2, -0.15) is 0 Å². The highest BCUT2D eigenvalue weighted by molar-refractivity contribution is 5.74. The van der Waals surface area contributed by atoms with E-state index in [1.54, 1.807) is 0 Å². The van der Waals surface area contributed by atoms with Gasteiger partial charge in [0, 0.05) is 5.56 Å². The van der Waals surface area contributed by atoms with Crippen LogP contribution in [0.5, 0.6) is 5.75 Å². The molecule has 0 bridgehead atoms. The van der Waals surface area contributed by atoms with Crippen LogP contribution in [0, 0.1) is 0 Å². The summed E-state index contributed by atoms with van der Waals surface area (Å²) in [7, 11) is 0. The van der Waals surface area contributed by atoms with E-state index < -0.39 is 37.3 Å². The number of rotatable bonds is 4. The Balaban J connectivity index is 2.08. The highest BCUT2D eigenvalue weighted by Crippen LogP contribution is 2.24. The van der Waals surface area contributed by atoms with Gasteiger partial charge in [0.1, 0.15) is 36.5 Å². The Morgan fingerprint density at radius 2 is 1.75 bits per heavy atom. The van der Waals surface area contributed by atoms with Crippen molar-refractivity contribution in [2.75, 3.05) is 6.61 Å². The van der Waals surface area contributed by atoms with E-state index >= 15 is 0 Å².